The van der Waals surface area contributed by atoms with Gasteiger partial charge in [0, 0.05) is 43.7 Å². The van der Waals surface area contributed by atoms with Crippen LogP contribution in [0.15, 0.2) is 49.1 Å². The molecule has 1 aliphatic heterocycles. The molecule has 0 N–H and O–H groups in total. The Labute approximate surface area is 162 Å². The molecule has 4 aromatic heterocycles. The molecule has 0 saturated carbocycles. The topological polar surface area (TPSA) is 77.0 Å². The zero-order valence-electron chi connectivity index (χ0n) is 15.8. The second-order valence-corrected chi connectivity index (χ2v) is 7.36. The van der Waals surface area contributed by atoms with E-state index >= 15 is 0 Å². The molecule has 5 heterocycles. The highest BCUT2D eigenvalue weighted by molar-refractivity contribution is 5.58. The Hall–Kier alpha value is -3.13. The van der Waals surface area contributed by atoms with E-state index in [4.69, 9.17) is 5.10 Å². The summed E-state index contributed by atoms with van der Waals surface area (Å²) in [7, 11) is 1.91. The second kappa shape index (κ2) is 7.12. The van der Waals surface area contributed by atoms with Gasteiger partial charge in [-0.15, -0.1) is 10.2 Å². The lowest BCUT2D eigenvalue weighted by atomic mass is 9.96. The number of aryl methyl sites for hydroxylation is 1. The Balaban J connectivity index is 1.34. The van der Waals surface area contributed by atoms with Crippen molar-refractivity contribution in [1.82, 2.24) is 39.5 Å². The van der Waals surface area contributed by atoms with Gasteiger partial charge in [-0.1, -0.05) is 6.07 Å². The van der Waals surface area contributed by atoms with Crippen LogP contribution in [0.2, 0.25) is 0 Å². The van der Waals surface area contributed by atoms with E-state index in [1.54, 1.807) is 4.68 Å². The molecular weight excluding hydrogens is 352 g/mol. The lowest BCUT2D eigenvalue weighted by molar-refractivity contribution is 0.200. The molecule has 0 atom stereocenters. The fourth-order valence-electron chi connectivity index (χ4n) is 3.87. The van der Waals surface area contributed by atoms with Crippen LogP contribution >= 0.6 is 0 Å². The highest BCUT2D eigenvalue weighted by Crippen LogP contribution is 2.28. The summed E-state index contributed by atoms with van der Waals surface area (Å²) in [5.41, 5.74) is 3.93. The molecule has 8 heteroatoms. The predicted molar refractivity (Wildman–Crippen MR) is 104 cm³/mol. The van der Waals surface area contributed by atoms with Gasteiger partial charge < -0.3 is 0 Å². The molecule has 1 saturated heterocycles. The average Bonchev–Trinajstić information content (AvgIpc) is 3.35. The van der Waals surface area contributed by atoms with E-state index in [1.807, 2.05) is 54.5 Å². The van der Waals surface area contributed by atoms with Crippen molar-refractivity contribution >= 4 is 5.65 Å². The standard InChI is InChI=1S/C20H22N8/c1-26-14-17(12-22-26)18-4-5-19-23-24-20(28(19)25-18)16-6-9-27(10-7-16)13-15-3-2-8-21-11-15/h2-5,8,11-12,14,16H,6-7,9-10,13H2,1H3. The van der Waals surface area contributed by atoms with Crippen LogP contribution in [0.25, 0.3) is 16.9 Å². The van der Waals surface area contributed by atoms with E-state index in [9.17, 15) is 0 Å². The molecule has 1 aliphatic rings. The van der Waals surface area contributed by atoms with Gasteiger partial charge in [-0.05, 0) is 49.7 Å². The summed E-state index contributed by atoms with van der Waals surface area (Å²) in [4.78, 5) is 6.69. The Kier molecular flexibility index (Phi) is 4.32. The van der Waals surface area contributed by atoms with Crippen LogP contribution in [-0.4, -0.2) is 52.6 Å². The van der Waals surface area contributed by atoms with Gasteiger partial charge in [0.25, 0.3) is 0 Å². The number of fused-ring (bicyclic) bond motifs is 1. The maximum Gasteiger partial charge on any atom is 0.177 e. The van der Waals surface area contributed by atoms with Crippen molar-refractivity contribution in [3.05, 3.63) is 60.4 Å². The highest BCUT2D eigenvalue weighted by atomic mass is 15.4. The predicted octanol–water partition coefficient (Wildman–Crippen LogP) is 2.30. The lowest BCUT2D eigenvalue weighted by Gasteiger charge is -2.30. The van der Waals surface area contributed by atoms with Crippen LogP contribution in [0, 0.1) is 0 Å². The Morgan fingerprint density at radius 1 is 1.07 bits per heavy atom. The molecular formula is C20H22N8. The monoisotopic (exact) mass is 374 g/mol. The van der Waals surface area contributed by atoms with Crippen LogP contribution in [0.3, 0.4) is 0 Å². The summed E-state index contributed by atoms with van der Waals surface area (Å²) >= 11 is 0. The van der Waals surface area contributed by atoms with Crippen molar-refractivity contribution < 1.29 is 0 Å². The number of likely N-dealkylation sites (tertiary alicyclic amines) is 1. The summed E-state index contributed by atoms with van der Waals surface area (Å²) in [5, 5.41) is 17.8. The normalized spacial score (nSPS) is 16.0. The summed E-state index contributed by atoms with van der Waals surface area (Å²) in [6.07, 6.45) is 9.67. The average molecular weight is 374 g/mol. The zero-order chi connectivity index (χ0) is 18.9. The number of piperidine rings is 1. The first-order chi connectivity index (χ1) is 13.8. The first-order valence-electron chi connectivity index (χ1n) is 9.59. The largest absolute Gasteiger partial charge is 0.299 e. The van der Waals surface area contributed by atoms with Crippen molar-refractivity contribution in [3.63, 3.8) is 0 Å². The molecule has 5 rings (SSSR count). The fourth-order valence-corrected chi connectivity index (χ4v) is 3.87. The fraction of sp³-hybridized carbons (Fsp3) is 0.350. The van der Waals surface area contributed by atoms with Crippen LogP contribution in [0.1, 0.15) is 30.1 Å². The number of hydrogen-bond acceptors (Lipinski definition) is 6. The number of hydrogen-bond donors (Lipinski definition) is 0. The van der Waals surface area contributed by atoms with Gasteiger partial charge in [0.2, 0.25) is 0 Å². The minimum atomic E-state index is 0.372. The Bertz CT molecular complexity index is 1080. The summed E-state index contributed by atoms with van der Waals surface area (Å²) in [6.45, 7) is 3.03. The molecule has 0 unspecified atom stereocenters. The number of nitrogens with zero attached hydrogens (tertiary/aromatic N) is 8. The van der Waals surface area contributed by atoms with E-state index < -0.39 is 0 Å². The third kappa shape index (κ3) is 3.27. The van der Waals surface area contributed by atoms with Crippen molar-refractivity contribution in [3.8, 4) is 11.3 Å². The van der Waals surface area contributed by atoms with E-state index in [0.717, 1.165) is 55.2 Å². The zero-order valence-corrected chi connectivity index (χ0v) is 15.8. The van der Waals surface area contributed by atoms with E-state index in [0.29, 0.717) is 5.92 Å². The minimum Gasteiger partial charge on any atom is -0.299 e. The van der Waals surface area contributed by atoms with Gasteiger partial charge in [0.15, 0.2) is 11.5 Å². The van der Waals surface area contributed by atoms with Crippen LogP contribution in [0.4, 0.5) is 0 Å². The summed E-state index contributed by atoms with van der Waals surface area (Å²) in [6, 6.07) is 8.08. The third-order valence-corrected chi connectivity index (χ3v) is 5.37. The Morgan fingerprint density at radius 2 is 1.96 bits per heavy atom. The molecule has 0 spiro atoms. The van der Waals surface area contributed by atoms with Gasteiger partial charge in [0.05, 0.1) is 11.9 Å². The lowest BCUT2D eigenvalue weighted by Crippen LogP contribution is -2.33. The van der Waals surface area contributed by atoms with Crippen LogP contribution in [-0.2, 0) is 13.6 Å². The molecule has 1 fully saturated rings. The summed E-state index contributed by atoms with van der Waals surface area (Å²) in [5.74, 6) is 1.33. The van der Waals surface area contributed by atoms with Gasteiger partial charge in [-0.25, -0.2) is 0 Å². The highest BCUT2D eigenvalue weighted by Gasteiger charge is 2.25. The number of rotatable bonds is 4. The molecule has 0 amide bonds. The summed E-state index contributed by atoms with van der Waals surface area (Å²) < 4.78 is 3.69. The van der Waals surface area contributed by atoms with Crippen molar-refractivity contribution in [2.45, 2.75) is 25.3 Å². The van der Waals surface area contributed by atoms with Crippen LogP contribution in [0.5, 0.6) is 0 Å². The third-order valence-electron chi connectivity index (χ3n) is 5.37. The maximum absolute atomic E-state index is 4.80. The van der Waals surface area contributed by atoms with Crippen molar-refractivity contribution in [2.75, 3.05) is 13.1 Å². The first kappa shape index (κ1) is 17.0. The Morgan fingerprint density at radius 3 is 2.71 bits per heavy atom. The number of aromatic nitrogens is 7. The molecule has 0 aliphatic carbocycles. The van der Waals surface area contributed by atoms with Crippen LogP contribution < -0.4 is 0 Å². The quantitative estimate of drug-likeness (QED) is 0.545. The van der Waals surface area contributed by atoms with Gasteiger partial charge >= 0.3 is 0 Å². The number of pyridine rings is 1. The van der Waals surface area contributed by atoms with Gasteiger partial charge in [-0.2, -0.15) is 14.7 Å². The molecule has 0 aromatic carbocycles. The van der Waals surface area contributed by atoms with Gasteiger partial charge in [0.1, 0.15) is 0 Å². The molecule has 0 bridgehead atoms. The van der Waals surface area contributed by atoms with E-state index in [2.05, 4.69) is 31.2 Å². The molecule has 28 heavy (non-hydrogen) atoms. The smallest absolute Gasteiger partial charge is 0.177 e. The maximum atomic E-state index is 4.80. The van der Waals surface area contributed by atoms with E-state index in [1.165, 1.54) is 5.56 Å². The van der Waals surface area contributed by atoms with Gasteiger partial charge in [-0.3, -0.25) is 14.6 Å². The molecule has 0 radical (unpaired) electrons. The molecule has 142 valence electrons. The van der Waals surface area contributed by atoms with Crippen molar-refractivity contribution in [2.24, 2.45) is 7.05 Å². The minimum absolute atomic E-state index is 0.372. The SMILES string of the molecule is Cn1cc(-c2ccc3nnc(C4CCN(Cc5cccnc5)CC4)n3n2)cn1. The first-order valence-corrected chi connectivity index (χ1v) is 9.59. The van der Waals surface area contributed by atoms with E-state index in [-0.39, 0.29) is 0 Å². The second-order valence-electron chi connectivity index (χ2n) is 7.36. The molecule has 8 nitrogen and oxygen atoms in total. The molecule has 4 aromatic rings. The van der Waals surface area contributed by atoms with Crippen molar-refractivity contribution in [1.29, 1.82) is 0 Å².